The van der Waals surface area contributed by atoms with Gasteiger partial charge in [0.05, 0.1) is 16.8 Å². The maximum Gasteiger partial charge on any atom is 0.150 e. The average Bonchev–Trinajstić information content (AvgIpc) is 2.39. The van der Waals surface area contributed by atoms with Gasteiger partial charge in [-0.25, -0.2) is 8.78 Å². The first-order valence-corrected chi connectivity index (χ1v) is 6.59. The highest BCUT2D eigenvalue weighted by molar-refractivity contribution is 6.33. The number of hydrogen-bond donors (Lipinski definition) is 2. The summed E-state index contributed by atoms with van der Waals surface area (Å²) in [5.74, 6) is -1.37. The van der Waals surface area contributed by atoms with Crippen molar-refractivity contribution in [2.45, 2.75) is 19.4 Å². The number of nitrogens with one attached hydrogen (secondary N) is 1. The van der Waals surface area contributed by atoms with E-state index < -0.39 is 11.6 Å². The second-order valence-electron chi connectivity index (χ2n) is 4.41. The van der Waals surface area contributed by atoms with Crippen LogP contribution in [0, 0.1) is 11.6 Å². The third kappa shape index (κ3) is 3.02. The van der Waals surface area contributed by atoms with Crippen molar-refractivity contribution >= 4 is 17.3 Å². The van der Waals surface area contributed by atoms with Crippen LogP contribution in [-0.4, -0.2) is 5.11 Å². The summed E-state index contributed by atoms with van der Waals surface area (Å²) in [6.45, 7) is 1.89. The Hall–Kier alpha value is -1.81. The van der Waals surface area contributed by atoms with Gasteiger partial charge >= 0.3 is 0 Å². The van der Waals surface area contributed by atoms with Gasteiger partial charge in [-0.15, -0.1) is 0 Å². The normalized spacial score (nSPS) is 12.2. The lowest BCUT2D eigenvalue weighted by Crippen LogP contribution is -2.11. The number of hydrogen-bond acceptors (Lipinski definition) is 2. The van der Waals surface area contributed by atoms with Gasteiger partial charge in [-0.05, 0) is 18.6 Å². The van der Waals surface area contributed by atoms with Crippen molar-refractivity contribution in [1.29, 1.82) is 0 Å². The van der Waals surface area contributed by atoms with Gasteiger partial charge in [0, 0.05) is 11.6 Å². The van der Waals surface area contributed by atoms with E-state index in [1.165, 1.54) is 0 Å². The lowest BCUT2D eigenvalue weighted by molar-refractivity contribution is 0.462. The standard InChI is InChI=1S/C15H14ClF2NO/c1-2-13(10-5-3-4-6-14(10)20)19-15-11(16)7-9(17)8-12(15)18/h3-8,13,19-20H,2H2,1H3. The van der Waals surface area contributed by atoms with Crippen LogP contribution in [0.5, 0.6) is 5.75 Å². The van der Waals surface area contributed by atoms with Gasteiger partial charge in [-0.3, -0.25) is 0 Å². The lowest BCUT2D eigenvalue weighted by Gasteiger charge is -2.21. The zero-order chi connectivity index (χ0) is 14.7. The Kier molecular flexibility index (Phi) is 4.45. The van der Waals surface area contributed by atoms with Crippen molar-refractivity contribution in [1.82, 2.24) is 0 Å². The molecule has 0 amide bonds. The van der Waals surface area contributed by atoms with Gasteiger partial charge in [0.15, 0.2) is 5.82 Å². The van der Waals surface area contributed by atoms with E-state index in [1.54, 1.807) is 24.3 Å². The molecule has 0 aromatic heterocycles. The molecule has 0 fully saturated rings. The van der Waals surface area contributed by atoms with Crippen LogP contribution in [0.3, 0.4) is 0 Å². The maximum absolute atomic E-state index is 13.8. The molecule has 0 radical (unpaired) electrons. The molecule has 5 heteroatoms. The molecular weight excluding hydrogens is 284 g/mol. The molecule has 2 N–H and O–H groups in total. The van der Waals surface area contributed by atoms with E-state index in [0.29, 0.717) is 12.0 Å². The highest BCUT2D eigenvalue weighted by atomic mass is 35.5. The highest BCUT2D eigenvalue weighted by Gasteiger charge is 2.17. The number of aromatic hydroxyl groups is 1. The number of rotatable bonds is 4. The number of halogens is 3. The molecule has 0 aliphatic carbocycles. The quantitative estimate of drug-likeness (QED) is 0.842. The molecule has 20 heavy (non-hydrogen) atoms. The van der Waals surface area contributed by atoms with E-state index in [0.717, 1.165) is 12.1 Å². The highest BCUT2D eigenvalue weighted by Crippen LogP contribution is 2.33. The number of para-hydroxylation sites is 1. The zero-order valence-electron chi connectivity index (χ0n) is 10.8. The van der Waals surface area contributed by atoms with Crippen molar-refractivity contribution in [3.05, 3.63) is 58.6 Å². The van der Waals surface area contributed by atoms with Crippen molar-refractivity contribution < 1.29 is 13.9 Å². The molecule has 0 aliphatic heterocycles. The van der Waals surface area contributed by atoms with E-state index >= 15 is 0 Å². The van der Waals surface area contributed by atoms with Gasteiger partial charge in [0.1, 0.15) is 11.6 Å². The second kappa shape index (κ2) is 6.09. The van der Waals surface area contributed by atoms with Crippen molar-refractivity contribution in [2.24, 2.45) is 0 Å². The summed E-state index contributed by atoms with van der Waals surface area (Å²) in [5.41, 5.74) is 0.665. The molecule has 0 saturated heterocycles. The van der Waals surface area contributed by atoms with Gasteiger partial charge < -0.3 is 10.4 Å². The molecule has 0 saturated carbocycles. The fraction of sp³-hybridized carbons (Fsp3) is 0.200. The number of anilines is 1. The Balaban J connectivity index is 2.35. The summed E-state index contributed by atoms with van der Waals surface area (Å²) in [6, 6.07) is 8.28. The van der Waals surface area contributed by atoms with E-state index in [-0.39, 0.29) is 22.5 Å². The van der Waals surface area contributed by atoms with Crippen LogP contribution in [0.1, 0.15) is 24.9 Å². The first-order chi connectivity index (χ1) is 9.52. The monoisotopic (exact) mass is 297 g/mol. The van der Waals surface area contributed by atoms with Gasteiger partial charge in [-0.1, -0.05) is 36.7 Å². The number of phenolic OH excluding ortho intramolecular Hbond substituents is 1. The second-order valence-corrected chi connectivity index (χ2v) is 4.82. The Morgan fingerprint density at radius 1 is 1.25 bits per heavy atom. The van der Waals surface area contributed by atoms with Crippen LogP contribution in [0.2, 0.25) is 5.02 Å². The third-order valence-electron chi connectivity index (χ3n) is 3.05. The Morgan fingerprint density at radius 3 is 2.55 bits per heavy atom. The molecule has 2 rings (SSSR count). The SMILES string of the molecule is CCC(Nc1c(F)cc(F)cc1Cl)c1ccccc1O. The Labute approximate surface area is 121 Å². The largest absolute Gasteiger partial charge is 0.508 e. The first-order valence-electron chi connectivity index (χ1n) is 6.22. The van der Waals surface area contributed by atoms with Crippen LogP contribution in [0.25, 0.3) is 0 Å². The lowest BCUT2D eigenvalue weighted by atomic mass is 10.0. The van der Waals surface area contributed by atoms with Crippen LogP contribution < -0.4 is 5.32 Å². The molecule has 1 unspecified atom stereocenters. The van der Waals surface area contributed by atoms with Crippen LogP contribution in [-0.2, 0) is 0 Å². The molecule has 0 spiro atoms. The molecule has 106 valence electrons. The molecular formula is C15H14ClF2NO. The Bertz CT molecular complexity index is 596. The fourth-order valence-corrected chi connectivity index (χ4v) is 2.29. The molecule has 2 aromatic carbocycles. The Morgan fingerprint density at radius 2 is 1.95 bits per heavy atom. The van der Waals surface area contributed by atoms with Crippen molar-refractivity contribution in [2.75, 3.05) is 5.32 Å². The molecule has 0 aliphatic rings. The summed E-state index contributed by atoms with van der Waals surface area (Å²) >= 11 is 5.86. The van der Waals surface area contributed by atoms with E-state index in [1.807, 2.05) is 6.92 Å². The summed E-state index contributed by atoms with van der Waals surface area (Å²) < 4.78 is 26.8. The van der Waals surface area contributed by atoms with Crippen LogP contribution in [0.15, 0.2) is 36.4 Å². The summed E-state index contributed by atoms with van der Waals surface area (Å²) in [4.78, 5) is 0. The number of phenols is 1. The predicted octanol–water partition coefficient (Wildman–Crippen LogP) is 4.89. The minimum atomic E-state index is -0.760. The molecule has 0 heterocycles. The van der Waals surface area contributed by atoms with Crippen LogP contribution >= 0.6 is 11.6 Å². The van der Waals surface area contributed by atoms with E-state index in [9.17, 15) is 13.9 Å². The smallest absolute Gasteiger partial charge is 0.150 e. The molecule has 2 nitrogen and oxygen atoms in total. The zero-order valence-corrected chi connectivity index (χ0v) is 11.6. The molecule has 0 bridgehead atoms. The van der Waals surface area contributed by atoms with Crippen LogP contribution in [0.4, 0.5) is 14.5 Å². The van der Waals surface area contributed by atoms with E-state index in [4.69, 9.17) is 11.6 Å². The minimum absolute atomic E-state index is 0.0307. The van der Waals surface area contributed by atoms with Gasteiger partial charge in [0.2, 0.25) is 0 Å². The topological polar surface area (TPSA) is 32.3 Å². The molecule has 2 aromatic rings. The van der Waals surface area contributed by atoms with E-state index in [2.05, 4.69) is 5.32 Å². The third-order valence-corrected chi connectivity index (χ3v) is 3.34. The van der Waals surface area contributed by atoms with Crippen molar-refractivity contribution in [3.8, 4) is 5.75 Å². The molecule has 1 atom stereocenters. The number of benzene rings is 2. The first kappa shape index (κ1) is 14.6. The summed E-state index contributed by atoms with van der Waals surface area (Å²) in [5, 5.41) is 12.7. The van der Waals surface area contributed by atoms with Crippen molar-refractivity contribution in [3.63, 3.8) is 0 Å². The maximum atomic E-state index is 13.8. The minimum Gasteiger partial charge on any atom is -0.508 e. The summed E-state index contributed by atoms with van der Waals surface area (Å²) in [6.07, 6.45) is 0.602. The fourth-order valence-electron chi connectivity index (χ4n) is 2.04. The predicted molar refractivity (Wildman–Crippen MR) is 76.1 cm³/mol. The van der Waals surface area contributed by atoms with Gasteiger partial charge in [0.25, 0.3) is 0 Å². The summed E-state index contributed by atoms with van der Waals surface area (Å²) in [7, 11) is 0. The van der Waals surface area contributed by atoms with Gasteiger partial charge in [-0.2, -0.15) is 0 Å². The average molecular weight is 298 g/mol.